The molecule has 0 atom stereocenters. The molecular weight excluding hydrogens is 156 g/mol. The van der Waals surface area contributed by atoms with E-state index in [1.54, 1.807) is 19.3 Å². The molecule has 0 bridgehead atoms. The highest BCUT2D eigenvalue weighted by Gasteiger charge is 2.21. The van der Waals surface area contributed by atoms with Gasteiger partial charge in [0.1, 0.15) is 5.84 Å². The van der Waals surface area contributed by atoms with Crippen molar-refractivity contribution in [1.29, 1.82) is 5.41 Å². The third-order valence-corrected chi connectivity index (χ3v) is 1.56. The maximum absolute atomic E-state index is 11.0. The van der Waals surface area contributed by atoms with Crippen LogP contribution in [0.25, 0.3) is 0 Å². The van der Waals surface area contributed by atoms with Gasteiger partial charge in [0.2, 0.25) is 0 Å². The third-order valence-electron chi connectivity index (χ3n) is 1.56. The summed E-state index contributed by atoms with van der Waals surface area (Å²) in [6.07, 6.45) is 3.17. The molecule has 0 aromatic heterocycles. The van der Waals surface area contributed by atoms with E-state index < -0.39 is 0 Å². The molecule has 0 aliphatic carbocycles. The lowest BCUT2D eigenvalue weighted by Gasteiger charge is -2.11. The first-order valence-corrected chi connectivity index (χ1v) is 3.73. The van der Waals surface area contributed by atoms with Crippen LogP contribution in [0.4, 0.5) is 4.79 Å². The van der Waals surface area contributed by atoms with Crippen LogP contribution in [-0.4, -0.2) is 36.9 Å². The monoisotopic (exact) mass is 168 g/mol. The minimum atomic E-state index is -0.194. The average Bonchev–Trinajstić information content (AvgIpc) is 2.47. The van der Waals surface area contributed by atoms with E-state index in [9.17, 15) is 4.79 Å². The molecule has 1 aliphatic heterocycles. The first-order valence-electron chi connectivity index (χ1n) is 3.73. The molecule has 0 radical (unpaired) electrons. The Morgan fingerprint density at radius 3 is 3.08 bits per heavy atom. The maximum atomic E-state index is 11.0. The number of amidine groups is 1. The summed E-state index contributed by atoms with van der Waals surface area (Å²) < 4.78 is 0. The molecule has 0 unspecified atom stereocenters. The van der Waals surface area contributed by atoms with Gasteiger partial charge in [-0.25, -0.2) is 4.79 Å². The second-order valence-corrected chi connectivity index (χ2v) is 2.39. The van der Waals surface area contributed by atoms with Crippen LogP contribution in [0.2, 0.25) is 0 Å². The SMILES string of the molecule is CN/C=C\C(=N)N1CCNC1=O. The van der Waals surface area contributed by atoms with E-state index in [1.165, 1.54) is 4.90 Å². The molecule has 5 nitrogen and oxygen atoms in total. The average molecular weight is 168 g/mol. The zero-order chi connectivity index (χ0) is 8.97. The number of nitrogens with zero attached hydrogens (tertiary/aromatic N) is 1. The van der Waals surface area contributed by atoms with E-state index in [2.05, 4.69) is 10.6 Å². The summed E-state index contributed by atoms with van der Waals surface area (Å²) in [5.74, 6) is 0.208. The Morgan fingerprint density at radius 2 is 2.58 bits per heavy atom. The second-order valence-electron chi connectivity index (χ2n) is 2.39. The van der Waals surface area contributed by atoms with Crippen LogP contribution in [0.5, 0.6) is 0 Å². The number of hydrogen-bond acceptors (Lipinski definition) is 3. The Hall–Kier alpha value is -1.52. The van der Waals surface area contributed by atoms with Gasteiger partial charge in [0.05, 0.1) is 0 Å². The molecular formula is C7H12N4O. The van der Waals surface area contributed by atoms with Gasteiger partial charge < -0.3 is 10.6 Å². The van der Waals surface area contributed by atoms with Gasteiger partial charge in [0.25, 0.3) is 0 Å². The molecule has 1 rings (SSSR count). The largest absolute Gasteiger partial charge is 0.394 e. The van der Waals surface area contributed by atoms with Crippen molar-refractivity contribution in [3.63, 3.8) is 0 Å². The molecule has 0 saturated carbocycles. The van der Waals surface area contributed by atoms with Gasteiger partial charge >= 0.3 is 6.03 Å². The van der Waals surface area contributed by atoms with Crippen molar-refractivity contribution < 1.29 is 4.79 Å². The fourth-order valence-electron chi connectivity index (χ4n) is 0.954. The molecule has 3 N–H and O–H groups in total. The number of hydrogen-bond donors (Lipinski definition) is 3. The molecule has 0 aromatic carbocycles. The normalized spacial score (nSPS) is 16.8. The van der Waals surface area contributed by atoms with E-state index >= 15 is 0 Å². The molecule has 1 aliphatic rings. The van der Waals surface area contributed by atoms with E-state index in [4.69, 9.17) is 5.41 Å². The number of carbonyl (C=O) groups excluding carboxylic acids is 1. The molecule has 12 heavy (non-hydrogen) atoms. The van der Waals surface area contributed by atoms with Gasteiger partial charge in [-0.2, -0.15) is 0 Å². The van der Waals surface area contributed by atoms with Crippen LogP contribution in [0.15, 0.2) is 12.3 Å². The highest BCUT2D eigenvalue weighted by molar-refractivity contribution is 6.02. The zero-order valence-electron chi connectivity index (χ0n) is 6.92. The fraction of sp³-hybridized carbons (Fsp3) is 0.429. The summed E-state index contributed by atoms with van der Waals surface area (Å²) in [6, 6.07) is -0.194. The van der Waals surface area contributed by atoms with Gasteiger partial charge in [-0.05, 0) is 12.3 Å². The summed E-state index contributed by atoms with van der Waals surface area (Å²) in [4.78, 5) is 12.4. The van der Waals surface area contributed by atoms with Crippen molar-refractivity contribution in [1.82, 2.24) is 15.5 Å². The van der Waals surface area contributed by atoms with E-state index in [0.717, 1.165) is 0 Å². The number of urea groups is 1. The molecule has 0 spiro atoms. The van der Waals surface area contributed by atoms with Gasteiger partial charge in [-0.15, -0.1) is 0 Å². The van der Waals surface area contributed by atoms with Crippen molar-refractivity contribution in [3.05, 3.63) is 12.3 Å². The minimum absolute atomic E-state index is 0.194. The van der Waals surface area contributed by atoms with E-state index in [0.29, 0.717) is 13.1 Å². The number of rotatable bonds is 2. The number of amides is 2. The number of carbonyl (C=O) groups is 1. The van der Waals surface area contributed by atoms with Crippen LogP contribution in [0.1, 0.15) is 0 Å². The summed E-state index contributed by atoms with van der Waals surface area (Å²) in [5, 5.41) is 12.8. The predicted molar refractivity (Wildman–Crippen MR) is 46.0 cm³/mol. The molecule has 2 amide bonds. The fourth-order valence-corrected chi connectivity index (χ4v) is 0.954. The van der Waals surface area contributed by atoms with Crippen molar-refractivity contribution in [3.8, 4) is 0 Å². The van der Waals surface area contributed by atoms with Crippen molar-refractivity contribution in [2.24, 2.45) is 0 Å². The second kappa shape index (κ2) is 3.75. The third kappa shape index (κ3) is 1.75. The standard InChI is InChI=1S/C7H12N4O/c1-9-3-2-6(8)11-5-4-10-7(11)12/h2-3,8-9H,4-5H2,1H3,(H,10,12)/b3-2-,8-6?. The van der Waals surface area contributed by atoms with E-state index in [1.807, 2.05) is 0 Å². The van der Waals surface area contributed by atoms with Crippen LogP contribution >= 0.6 is 0 Å². The van der Waals surface area contributed by atoms with Crippen LogP contribution in [0.3, 0.4) is 0 Å². The van der Waals surface area contributed by atoms with E-state index in [-0.39, 0.29) is 11.9 Å². The van der Waals surface area contributed by atoms with Crippen molar-refractivity contribution >= 4 is 11.9 Å². The Labute approximate surface area is 70.9 Å². The zero-order valence-corrected chi connectivity index (χ0v) is 6.92. The smallest absolute Gasteiger partial charge is 0.323 e. The van der Waals surface area contributed by atoms with Gasteiger partial charge in [0, 0.05) is 20.1 Å². The highest BCUT2D eigenvalue weighted by atomic mass is 16.2. The van der Waals surface area contributed by atoms with Crippen LogP contribution < -0.4 is 10.6 Å². The topological polar surface area (TPSA) is 68.2 Å². The Balaban J connectivity index is 2.52. The molecule has 1 saturated heterocycles. The minimum Gasteiger partial charge on any atom is -0.394 e. The molecule has 5 heteroatoms. The van der Waals surface area contributed by atoms with Crippen molar-refractivity contribution in [2.75, 3.05) is 20.1 Å². The van der Waals surface area contributed by atoms with Gasteiger partial charge in [0.15, 0.2) is 0 Å². The first kappa shape index (κ1) is 8.58. The quantitative estimate of drug-likeness (QED) is 0.392. The Kier molecular flexibility index (Phi) is 2.68. The molecule has 66 valence electrons. The van der Waals surface area contributed by atoms with Gasteiger partial charge in [-0.3, -0.25) is 10.3 Å². The highest BCUT2D eigenvalue weighted by Crippen LogP contribution is 1.97. The molecule has 1 heterocycles. The summed E-state index contributed by atoms with van der Waals surface area (Å²) in [7, 11) is 1.74. The maximum Gasteiger partial charge on any atom is 0.323 e. The summed E-state index contributed by atoms with van der Waals surface area (Å²) in [5.41, 5.74) is 0. The molecule has 0 aromatic rings. The van der Waals surface area contributed by atoms with Crippen LogP contribution in [0, 0.1) is 5.41 Å². The first-order chi connectivity index (χ1) is 5.75. The lowest BCUT2D eigenvalue weighted by atomic mass is 10.4. The summed E-state index contributed by atoms with van der Waals surface area (Å²) >= 11 is 0. The Morgan fingerprint density at radius 1 is 1.83 bits per heavy atom. The molecule has 1 fully saturated rings. The van der Waals surface area contributed by atoms with Crippen molar-refractivity contribution in [2.45, 2.75) is 0 Å². The van der Waals surface area contributed by atoms with Crippen LogP contribution in [-0.2, 0) is 0 Å². The Bertz CT molecular complexity index is 223. The lowest BCUT2D eigenvalue weighted by molar-refractivity contribution is 0.234. The lowest BCUT2D eigenvalue weighted by Crippen LogP contribution is -2.32. The summed E-state index contributed by atoms with van der Waals surface area (Å²) in [6.45, 7) is 1.19. The predicted octanol–water partition coefficient (Wildman–Crippen LogP) is -0.278. The van der Waals surface area contributed by atoms with Gasteiger partial charge in [-0.1, -0.05) is 0 Å². The number of nitrogens with one attached hydrogen (secondary N) is 3.